The summed E-state index contributed by atoms with van der Waals surface area (Å²) in [7, 11) is 0. The molecule has 4 rings (SSSR count). The Morgan fingerprint density at radius 3 is 2.83 bits per heavy atom. The molecule has 2 aromatic carbocycles. The molecule has 0 saturated heterocycles. The lowest BCUT2D eigenvalue weighted by Crippen LogP contribution is -2.23. The van der Waals surface area contributed by atoms with Gasteiger partial charge in [0.1, 0.15) is 0 Å². The van der Waals surface area contributed by atoms with Gasteiger partial charge in [-0.3, -0.25) is 14.2 Å². The Morgan fingerprint density at radius 2 is 2.10 bits per heavy atom. The van der Waals surface area contributed by atoms with E-state index in [4.69, 9.17) is 11.6 Å². The van der Waals surface area contributed by atoms with E-state index in [2.05, 4.69) is 31.2 Å². The lowest BCUT2D eigenvalue weighted by Gasteiger charge is -2.14. The van der Waals surface area contributed by atoms with Crippen LogP contribution < -0.4 is 10.9 Å². The number of aryl methyl sites for hydroxylation is 1. The van der Waals surface area contributed by atoms with Crippen molar-refractivity contribution >= 4 is 72.6 Å². The fourth-order valence-corrected chi connectivity index (χ4v) is 4.87. The molecule has 0 radical (unpaired) electrons. The quantitative estimate of drug-likeness (QED) is 0.285. The third-order valence-corrected chi connectivity index (χ3v) is 6.95. The number of aromatic nitrogens is 3. The highest BCUT2D eigenvalue weighted by molar-refractivity contribution is 9.11. The summed E-state index contributed by atoms with van der Waals surface area (Å²) in [5.74, 6) is -0.167. The summed E-state index contributed by atoms with van der Waals surface area (Å²) in [6.07, 6.45) is 1.62. The molecule has 1 amide bonds. The van der Waals surface area contributed by atoms with Gasteiger partial charge in [-0.2, -0.15) is 0 Å². The number of rotatable bonds is 5. The first-order valence-electron chi connectivity index (χ1n) is 8.74. The van der Waals surface area contributed by atoms with Crippen LogP contribution in [0.4, 0.5) is 5.13 Å². The fourth-order valence-electron chi connectivity index (χ4n) is 2.76. The van der Waals surface area contributed by atoms with Crippen LogP contribution in [0.2, 0.25) is 5.02 Å². The third-order valence-electron chi connectivity index (χ3n) is 4.21. The maximum Gasteiger partial charge on any atom is 0.266 e. The number of hydrogen-bond acceptors (Lipinski definition) is 6. The van der Waals surface area contributed by atoms with Gasteiger partial charge in [0, 0.05) is 5.02 Å². The van der Waals surface area contributed by atoms with Crippen molar-refractivity contribution in [2.75, 3.05) is 11.1 Å². The van der Waals surface area contributed by atoms with E-state index >= 15 is 0 Å². The van der Waals surface area contributed by atoms with Crippen molar-refractivity contribution < 1.29 is 4.79 Å². The van der Waals surface area contributed by atoms with E-state index < -0.39 is 0 Å². The zero-order valence-corrected chi connectivity index (χ0v) is 19.5. The van der Waals surface area contributed by atoms with Gasteiger partial charge >= 0.3 is 0 Å². The molecule has 0 atom stereocenters. The van der Waals surface area contributed by atoms with Gasteiger partial charge in [-0.15, -0.1) is 0 Å². The van der Waals surface area contributed by atoms with Crippen LogP contribution in [0, 0.1) is 6.92 Å². The predicted octanol–water partition coefficient (Wildman–Crippen LogP) is 5.30. The van der Waals surface area contributed by atoms with Gasteiger partial charge in [-0.05, 0) is 52.7 Å². The van der Waals surface area contributed by atoms with Crippen LogP contribution in [0.25, 0.3) is 16.6 Å². The third kappa shape index (κ3) is 4.44. The molecular formula is C20H14BrClN4O2S2. The highest BCUT2D eigenvalue weighted by atomic mass is 79.9. The molecule has 0 unspecified atom stereocenters. The van der Waals surface area contributed by atoms with E-state index in [0.717, 1.165) is 9.35 Å². The highest BCUT2D eigenvalue weighted by Crippen LogP contribution is 2.26. The molecule has 2 aromatic heterocycles. The van der Waals surface area contributed by atoms with E-state index in [1.807, 2.05) is 25.1 Å². The number of benzene rings is 2. The van der Waals surface area contributed by atoms with Gasteiger partial charge in [-0.1, -0.05) is 52.9 Å². The minimum atomic E-state index is -0.238. The number of thiazole rings is 1. The van der Waals surface area contributed by atoms with Crippen molar-refractivity contribution in [2.45, 2.75) is 12.1 Å². The van der Waals surface area contributed by atoms with Gasteiger partial charge in [0.25, 0.3) is 5.56 Å². The standard InChI is InChI=1S/C20H14BrClN4O2S2/c1-11-6-7-12(8-14(11)22)26-18(28)13-4-2-3-5-15(13)24-20(26)29-10-17(27)25-19-23-9-16(21)30-19/h2-9H,10H2,1H3,(H,23,25,27). The first kappa shape index (κ1) is 21.0. The van der Waals surface area contributed by atoms with Crippen LogP contribution in [0.1, 0.15) is 5.56 Å². The van der Waals surface area contributed by atoms with Crippen molar-refractivity contribution in [1.29, 1.82) is 0 Å². The number of fused-ring (bicyclic) bond motifs is 1. The van der Waals surface area contributed by atoms with E-state index in [0.29, 0.717) is 31.9 Å². The number of para-hydroxylation sites is 1. The number of carbonyl (C=O) groups excluding carboxylic acids is 1. The van der Waals surface area contributed by atoms with E-state index in [1.54, 1.807) is 30.5 Å². The van der Waals surface area contributed by atoms with Crippen LogP contribution in [0.3, 0.4) is 0 Å². The minimum absolute atomic E-state index is 0.0710. The molecule has 30 heavy (non-hydrogen) atoms. The number of nitrogens with zero attached hydrogens (tertiary/aromatic N) is 3. The fraction of sp³-hybridized carbons (Fsp3) is 0.100. The number of hydrogen-bond donors (Lipinski definition) is 1. The predicted molar refractivity (Wildman–Crippen MR) is 126 cm³/mol. The van der Waals surface area contributed by atoms with E-state index in [1.165, 1.54) is 27.7 Å². The summed E-state index contributed by atoms with van der Waals surface area (Å²) < 4.78 is 2.32. The van der Waals surface area contributed by atoms with Gasteiger partial charge in [0.15, 0.2) is 10.3 Å². The number of halogens is 2. The summed E-state index contributed by atoms with van der Waals surface area (Å²) in [5, 5.41) is 4.70. The lowest BCUT2D eigenvalue weighted by atomic mass is 10.2. The number of amides is 1. The number of nitrogens with one attached hydrogen (secondary N) is 1. The minimum Gasteiger partial charge on any atom is -0.301 e. The molecule has 152 valence electrons. The van der Waals surface area contributed by atoms with Gasteiger partial charge in [0.05, 0.1) is 32.3 Å². The molecule has 10 heteroatoms. The second-order valence-electron chi connectivity index (χ2n) is 6.29. The molecule has 0 saturated carbocycles. The van der Waals surface area contributed by atoms with Crippen molar-refractivity contribution in [3.05, 3.63) is 73.4 Å². The summed E-state index contributed by atoms with van der Waals surface area (Å²) in [6, 6.07) is 12.5. The Hall–Kier alpha value is -2.20. The van der Waals surface area contributed by atoms with E-state index in [-0.39, 0.29) is 17.2 Å². The second-order valence-corrected chi connectivity index (χ2v) is 10.1. The molecule has 0 fully saturated rings. The van der Waals surface area contributed by atoms with Crippen LogP contribution in [0.5, 0.6) is 0 Å². The Kier molecular flexibility index (Phi) is 6.24. The monoisotopic (exact) mass is 520 g/mol. The van der Waals surface area contributed by atoms with Crippen molar-refractivity contribution in [2.24, 2.45) is 0 Å². The average molecular weight is 522 g/mol. The maximum atomic E-state index is 13.2. The molecule has 0 spiro atoms. The first-order chi connectivity index (χ1) is 14.4. The molecule has 4 aromatic rings. The topological polar surface area (TPSA) is 76.9 Å². The Morgan fingerprint density at radius 1 is 1.30 bits per heavy atom. The van der Waals surface area contributed by atoms with Crippen molar-refractivity contribution in [3.63, 3.8) is 0 Å². The van der Waals surface area contributed by atoms with Crippen molar-refractivity contribution in [1.82, 2.24) is 14.5 Å². The molecular weight excluding hydrogens is 508 g/mol. The van der Waals surface area contributed by atoms with Gasteiger partial charge in [0.2, 0.25) is 5.91 Å². The number of anilines is 1. The SMILES string of the molecule is Cc1ccc(-n2c(SCC(=O)Nc3ncc(Br)s3)nc3ccccc3c2=O)cc1Cl. The molecule has 1 N–H and O–H groups in total. The Balaban J connectivity index is 1.71. The van der Waals surface area contributed by atoms with Crippen LogP contribution in [0.15, 0.2) is 62.4 Å². The van der Waals surface area contributed by atoms with Gasteiger partial charge in [-0.25, -0.2) is 9.97 Å². The zero-order chi connectivity index (χ0) is 21.3. The molecule has 0 aliphatic carbocycles. The molecule has 0 aliphatic heterocycles. The average Bonchev–Trinajstić information content (AvgIpc) is 3.13. The van der Waals surface area contributed by atoms with Crippen molar-refractivity contribution in [3.8, 4) is 5.69 Å². The van der Waals surface area contributed by atoms with Crippen LogP contribution in [-0.4, -0.2) is 26.2 Å². The normalized spacial score (nSPS) is 11.0. The smallest absolute Gasteiger partial charge is 0.266 e. The highest BCUT2D eigenvalue weighted by Gasteiger charge is 2.16. The zero-order valence-electron chi connectivity index (χ0n) is 15.6. The van der Waals surface area contributed by atoms with Crippen LogP contribution in [-0.2, 0) is 4.79 Å². The maximum absolute atomic E-state index is 13.2. The number of thioether (sulfide) groups is 1. The summed E-state index contributed by atoms with van der Waals surface area (Å²) >= 11 is 12.1. The molecule has 0 aliphatic rings. The summed E-state index contributed by atoms with van der Waals surface area (Å²) in [5.41, 5.74) is 1.86. The summed E-state index contributed by atoms with van der Waals surface area (Å²) in [6.45, 7) is 1.89. The Bertz CT molecular complexity index is 1320. The lowest BCUT2D eigenvalue weighted by molar-refractivity contribution is -0.113. The summed E-state index contributed by atoms with van der Waals surface area (Å²) in [4.78, 5) is 34.3. The Labute approximate surface area is 193 Å². The second kappa shape index (κ2) is 8.89. The van der Waals surface area contributed by atoms with Gasteiger partial charge < -0.3 is 5.32 Å². The molecule has 2 heterocycles. The van der Waals surface area contributed by atoms with E-state index in [9.17, 15) is 9.59 Å². The number of carbonyl (C=O) groups is 1. The first-order valence-corrected chi connectivity index (χ1v) is 11.7. The molecule has 0 bridgehead atoms. The molecule has 6 nitrogen and oxygen atoms in total. The van der Waals surface area contributed by atoms with Crippen LogP contribution >= 0.6 is 50.6 Å². The largest absolute Gasteiger partial charge is 0.301 e.